The number of anilines is 1. The number of hydrogen-bond donors (Lipinski definition) is 1. The molecular formula is C25H31N3OS. The topological polar surface area (TPSA) is 45.2 Å². The number of carbonyl (C=O) groups is 1. The molecule has 4 rings (SSSR count). The first kappa shape index (κ1) is 21.0. The van der Waals surface area contributed by atoms with Gasteiger partial charge in [-0.05, 0) is 54.5 Å². The molecule has 0 spiro atoms. The predicted octanol–water partition coefficient (Wildman–Crippen LogP) is 6.32. The Morgan fingerprint density at radius 1 is 1.10 bits per heavy atom. The fourth-order valence-corrected chi connectivity index (χ4v) is 5.52. The molecule has 0 bridgehead atoms. The Kier molecular flexibility index (Phi) is 6.21. The zero-order valence-corrected chi connectivity index (χ0v) is 19.1. The van der Waals surface area contributed by atoms with Crippen molar-refractivity contribution in [2.75, 3.05) is 18.4 Å². The highest BCUT2D eigenvalue weighted by molar-refractivity contribution is 7.18. The van der Waals surface area contributed by atoms with Gasteiger partial charge in [-0.1, -0.05) is 58.0 Å². The van der Waals surface area contributed by atoms with Crippen LogP contribution in [0.4, 0.5) is 5.69 Å². The van der Waals surface area contributed by atoms with E-state index in [1.807, 2.05) is 6.07 Å². The van der Waals surface area contributed by atoms with Crippen molar-refractivity contribution in [3.8, 4) is 0 Å². The molecule has 2 aromatic carbocycles. The maximum absolute atomic E-state index is 13.1. The standard InChI is InChI=1S/C25H31N3OS/c1-16(2)18-9-7-10-19(17(3)4)24(18)27-23(29)15-28-14-8-12-21(28)25-26-20-11-5-6-13-22(20)30-25/h5-7,9-11,13,16-17,21H,8,12,14-15H2,1-4H3,(H,27,29). The summed E-state index contributed by atoms with van der Waals surface area (Å²) in [6.45, 7) is 10.1. The van der Waals surface area contributed by atoms with Crippen LogP contribution in [0.5, 0.6) is 0 Å². The van der Waals surface area contributed by atoms with Crippen LogP contribution in [0.25, 0.3) is 10.2 Å². The summed E-state index contributed by atoms with van der Waals surface area (Å²) in [6.07, 6.45) is 2.17. The van der Waals surface area contributed by atoms with Gasteiger partial charge in [0.2, 0.25) is 5.91 Å². The summed E-state index contributed by atoms with van der Waals surface area (Å²) in [4.78, 5) is 20.2. The number of thiazole rings is 1. The molecule has 1 aromatic heterocycles. The van der Waals surface area contributed by atoms with Gasteiger partial charge in [-0.3, -0.25) is 9.69 Å². The molecule has 158 valence electrons. The van der Waals surface area contributed by atoms with Gasteiger partial charge < -0.3 is 5.32 Å². The number of rotatable bonds is 6. The molecule has 5 heteroatoms. The van der Waals surface area contributed by atoms with Gasteiger partial charge in [-0.2, -0.15) is 0 Å². The Labute approximate surface area is 183 Å². The van der Waals surface area contributed by atoms with Gasteiger partial charge in [0.25, 0.3) is 0 Å². The lowest BCUT2D eigenvalue weighted by molar-refractivity contribution is -0.117. The number of hydrogen-bond acceptors (Lipinski definition) is 4. The lowest BCUT2D eigenvalue weighted by Gasteiger charge is -2.24. The van der Waals surface area contributed by atoms with Crippen LogP contribution in [0.2, 0.25) is 0 Å². The van der Waals surface area contributed by atoms with E-state index >= 15 is 0 Å². The lowest BCUT2D eigenvalue weighted by Crippen LogP contribution is -2.33. The third-order valence-corrected chi connectivity index (χ3v) is 7.08. The van der Waals surface area contributed by atoms with Crippen LogP contribution < -0.4 is 5.32 Å². The highest BCUT2D eigenvalue weighted by atomic mass is 32.1. The van der Waals surface area contributed by atoms with E-state index in [1.54, 1.807) is 11.3 Å². The molecule has 1 saturated heterocycles. The number of nitrogens with zero attached hydrogens (tertiary/aromatic N) is 2. The van der Waals surface area contributed by atoms with Gasteiger partial charge in [0.05, 0.1) is 22.8 Å². The van der Waals surface area contributed by atoms with Crippen LogP contribution in [0, 0.1) is 0 Å². The number of aromatic nitrogens is 1. The normalized spacial score (nSPS) is 17.3. The molecular weight excluding hydrogens is 390 g/mol. The zero-order chi connectivity index (χ0) is 21.3. The summed E-state index contributed by atoms with van der Waals surface area (Å²) in [5.74, 6) is 0.792. The third kappa shape index (κ3) is 4.28. The second kappa shape index (κ2) is 8.86. The number of amides is 1. The molecule has 1 amide bonds. The largest absolute Gasteiger partial charge is 0.324 e. The second-order valence-corrected chi connectivity index (χ2v) is 9.88. The summed E-state index contributed by atoms with van der Waals surface area (Å²) >= 11 is 1.76. The van der Waals surface area contributed by atoms with Gasteiger partial charge in [-0.15, -0.1) is 11.3 Å². The first-order chi connectivity index (χ1) is 14.4. The molecule has 30 heavy (non-hydrogen) atoms. The SMILES string of the molecule is CC(C)c1cccc(C(C)C)c1NC(=O)CN1CCCC1c1nc2ccccc2s1. The summed E-state index contributed by atoms with van der Waals surface area (Å²) in [5, 5.41) is 4.40. The molecule has 1 aliphatic rings. The van der Waals surface area contributed by atoms with Crippen LogP contribution in [0.15, 0.2) is 42.5 Å². The van der Waals surface area contributed by atoms with Crippen molar-refractivity contribution >= 4 is 33.1 Å². The van der Waals surface area contributed by atoms with Crippen molar-refractivity contribution < 1.29 is 4.79 Å². The minimum Gasteiger partial charge on any atom is -0.324 e. The number of fused-ring (bicyclic) bond motifs is 1. The van der Waals surface area contributed by atoms with E-state index in [4.69, 9.17) is 4.98 Å². The van der Waals surface area contributed by atoms with Crippen molar-refractivity contribution in [2.24, 2.45) is 0 Å². The van der Waals surface area contributed by atoms with E-state index in [2.05, 4.69) is 74.3 Å². The average Bonchev–Trinajstić information content (AvgIpc) is 3.33. The second-order valence-electron chi connectivity index (χ2n) is 8.82. The molecule has 1 N–H and O–H groups in total. The van der Waals surface area contributed by atoms with E-state index in [-0.39, 0.29) is 11.9 Å². The average molecular weight is 422 g/mol. The Morgan fingerprint density at radius 2 is 1.80 bits per heavy atom. The van der Waals surface area contributed by atoms with Crippen molar-refractivity contribution in [3.05, 3.63) is 58.6 Å². The van der Waals surface area contributed by atoms with Crippen LogP contribution in [0.3, 0.4) is 0 Å². The Hall–Kier alpha value is -2.24. The van der Waals surface area contributed by atoms with Gasteiger partial charge >= 0.3 is 0 Å². The quantitative estimate of drug-likeness (QED) is 0.507. The third-order valence-electron chi connectivity index (χ3n) is 5.94. The fraction of sp³-hybridized carbons (Fsp3) is 0.440. The van der Waals surface area contributed by atoms with E-state index in [0.29, 0.717) is 18.4 Å². The zero-order valence-electron chi connectivity index (χ0n) is 18.3. The van der Waals surface area contributed by atoms with E-state index in [1.165, 1.54) is 15.8 Å². The van der Waals surface area contributed by atoms with Crippen LogP contribution in [-0.2, 0) is 4.79 Å². The number of para-hydroxylation sites is 2. The highest BCUT2D eigenvalue weighted by Crippen LogP contribution is 2.37. The van der Waals surface area contributed by atoms with Crippen molar-refractivity contribution in [1.82, 2.24) is 9.88 Å². The molecule has 1 aliphatic heterocycles. The summed E-state index contributed by atoms with van der Waals surface area (Å²) in [7, 11) is 0. The number of benzene rings is 2. The van der Waals surface area contributed by atoms with Gasteiger partial charge in [-0.25, -0.2) is 4.98 Å². The monoisotopic (exact) mass is 421 g/mol. The summed E-state index contributed by atoms with van der Waals surface area (Å²) in [6, 6.07) is 14.9. The van der Waals surface area contributed by atoms with Gasteiger partial charge in [0.1, 0.15) is 5.01 Å². The molecule has 4 nitrogen and oxygen atoms in total. The van der Waals surface area contributed by atoms with Crippen molar-refractivity contribution in [3.63, 3.8) is 0 Å². The fourth-order valence-electron chi connectivity index (χ4n) is 4.39. The molecule has 1 atom stereocenters. The number of nitrogens with one attached hydrogen (secondary N) is 1. The number of carbonyl (C=O) groups excluding carboxylic acids is 1. The van der Waals surface area contributed by atoms with Crippen LogP contribution >= 0.6 is 11.3 Å². The van der Waals surface area contributed by atoms with Gasteiger partial charge in [0.15, 0.2) is 0 Å². The summed E-state index contributed by atoms with van der Waals surface area (Å²) < 4.78 is 1.22. The summed E-state index contributed by atoms with van der Waals surface area (Å²) in [5.41, 5.74) is 4.47. The van der Waals surface area contributed by atoms with Crippen LogP contribution in [0.1, 0.15) is 74.5 Å². The highest BCUT2D eigenvalue weighted by Gasteiger charge is 2.30. The minimum absolute atomic E-state index is 0.0676. The van der Waals surface area contributed by atoms with Crippen molar-refractivity contribution in [1.29, 1.82) is 0 Å². The molecule has 3 aromatic rings. The molecule has 1 fully saturated rings. The van der Waals surface area contributed by atoms with E-state index < -0.39 is 0 Å². The first-order valence-corrected chi connectivity index (χ1v) is 11.8. The predicted molar refractivity (Wildman–Crippen MR) is 126 cm³/mol. The minimum atomic E-state index is 0.0676. The number of likely N-dealkylation sites (tertiary alicyclic amines) is 1. The van der Waals surface area contributed by atoms with E-state index in [0.717, 1.165) is 35.6 Å². The lowest BCUT2D eigenvalue weighted by atomic mass is 9.92. The van der Waals surface area contributed by atoms with E-state index in [9.17, 15) is 4.79 Å². The Bertz CT molecular complexity index is 981. The van der Waals surface area contributed by atoms with Crippen LogP contribution in [-0.4, -0.2) is 28.9 Å². The maximum Gasteiger partial charge on any atom is 0.238 e. The molecule has 0 aliphatic carbocycles. The first-order valence-electron chi connectivity index (χ1n) is 11.0. The molecule has 0 saturated carbocycles. The maximum atomic E-state index is 13.1. The molecule has 2 heterocycles. The molecule has 0 radical (unpaired) electrons. The van der Waals surface area contributed by atoms with Gasteiger partial charge in [0, 0.05) is 5.69 Å². The molecule has 1 unspecified atom stereocenters. The van der Waals surface area contributed by atoms with Crippen molar-refractivity contribution in [2.45, 2.75) is 58.4 Å². The smallest absolute Gasteiger partial charge is 0.238 e. The Morgan fingerprint density at radius 3 is 2.47 bits per heavy atom. The Balaban J connectivity index is 1.53.